The highest BCUT2D eigenvalue weighted by Gasteiger charge is 2.45. The van der Waals surface area contributed by atoms with Gasteiger partial charge in [0.15, 0.2) is 0 Å². The number of methoxy groups -OCH3 is 1. The molecule has 4 N–H and O–H groups in total. The molecule has 1 amide bonds. The number of esters is 1. The van der Waals surface area contributed by atoms with Gasteiger partial charge < -0.3 is 25.8 Å². The van der Waals surface area contributed by atoms with Crippen molar-refractivity contribution in [2.75, 3.05) is 18.2 Å². The van der Waals surface area contributed by atoms with Gasteiger partial charge in [-0.25, -0.2) is 4.79 Å². The van der Waals surface area contributed by atoms with Crippen LogP contribution in [0.5, 0.6) is 0 Å². The predicted molar refractivity (Wildman–Crippen MR) is 165 cm³/mol. The summed E-state index contributed by atoms with van der Waals surface area (Å²) in [5.41, 5.74) is 7.96. The smallest absolute Gasteiger partial charge is 0.407 e. The van der Waals surface area contributed by atoms with Gasteiger partial charge >= 0.3 is 12.1 Å². The normalized spacial score (nSPS) is 17.4. The van der Waals surface area contributed by atoms with Crippen LogP contribution >= 0.6 is 23.2 Å². The Balaban J connectivity index is 1.64. The first kappa shape index (κ1) is 30.5. The Labute approximate surface area is 251 Å². The van der Waals surface area contributed by atoms with E-state index in [1.165, 1.54) is 7.11 Å². The van der Waals surface area contributed by atoms with Gasteiger partial charge in [0.25, 0.3) is 0 Å². The summed E-state index contributed by atoms with van der Waals surface area (Å²) in [4.78, 5) is 26.0. The van der Waals surface area contributed by atoms with Crippen LogP contribution in [-0.2, 0) is 19.7 Å². The molecule has 0 unspecified atom stereocenters. The highest BCUT2D eigenvalue weighted by atomic mass is 35.5. The van der Waals surface area contributed by atoms with Crippen LogP contribution in [0, 0.1) is 0 Å². The van der Waals surface area contributed by atoms with Gasteiger partial charge in [-0.1, -0.05) is 53.5 Å². The molecule has 0 aliphatic heterocycles. The Morgan fingerprint density at radius 3 is 1.78 bits per heavy atom. The van der Waals surface area contributed by atoms with Crippen molar-refractivity contribution in [3.63, 3.8) is 0 Å². The van der Waals surface area contributed by atoms with E-state index in [1.807, 2.05) is 57.2 Å². The fourth-order valence-electron chi connectivity index (χ4n) is 5.40. The van der Waals surface area contributed by atoms with Crippen LogP contribution in [0.2, 0.25) is 10.0 Å². The van der Waals surface area contributed by atoms with Crippen LogP contribution in [0.4, 0.5) is 16.2 Å². The summed E-state index contributed by atoms with van der Waals surface area (Å²) in [5.74, 6) is -0.452. The number of carbonyl (C=O) groups excluding carboxylic acids is 2. The minimum absolute atomic E-state index is 0.0494. The largest absolute Gasteiger partial charge is 0.468 e. The molecule has 4 rings (SSSR count). The number of hydrogen-bond acceptors (Lipinski definition) is 6. The molecule has 0 atom stereocenters. The lowest BCUT2D eigenvalue weighted by Crippen LogP contribution is -2.42. The molecule has 0 radical (unpaired) electrons. The summed E-state index contributed by atoms with van der Waals surface area (Å²) >= 11 is 12.4. The standard InChI is InChI=1S/C32H37Cl2N3O4/c1-31(2,3)41-30(39)37-26-16-14-25(15-17-26)36-28-19-22(9-18-27(28)35)32(29(38)40-4,20-5-10-23(33)11-6-20)21-7-12-24(34)13-8-21/h5-13,18-19,25-26,36H,14-17,35H2,1-4H3,(H,37,39). The summed E-state index contributed by atoms with van der Waals surface area (Å²) in [6.45, 7) is 5.54. The molecule has 0 saturated heterocycles. The van der Waals surface area contributed by atoms with E-state index < -0.39 is 23.1 Å². The number of nitrogen functional groups attached to an aromatic ring is 1. The lowest BCUT2D eigenvalue weighted by atomic mass is 9.69. The van der Waals surface area contributed by atoms with Crippen LogP contribution in [-0.4, -0.2) is 36.9 Å². The average molecular weight is 599 g/mol. The SMILES string of the molecule is COC(=O)C(c1ccc(Cl)cc1)(c1ccc(Cl)cc1)c1ccc(N)c(NC2CCC(NC(=O)OC(C)(C)C)CC2)c1. The number of rotatable bonds is 7. The van der Waals surface area contributed by atoms with E-state index in [2.05, 4.69) is 10.6 Å². The van der Waals surface area contributed by atoms with E-state index in [-0.39, 0.29) is 12.1 Å². The second-order valence-electron chi connectivity index (χ2n) is 11.4. The third-order valence-electron chi connectivity index (χ3n) is 7.34. The Bertz CT molecular complexity index is 1320. The molecule has 1 saturated carbocycles. The number of halogens is 2. The van der Waals surface area contributed by atoms with Crippen molar-refractivity contribution < 1.29 is 19.1 Å². The molecule has 0 heterocycles. The third kappa shape index (κ3) is 7.08. The maximum absolute atomic E-state index is 13.8. The van der Waals surface area contributed by atoms with E-state index in [0.29, 0.717) is 32.4 Å². The monoisotopic (exact) mass is 597 g/mol. The molecule has 41 heavy (non-hydrogen) atoms. The summed E-state index contributed by atoms with van der Waals surface area (Å²) in [5, 5.41) is 7.68. The number of carbonyl (C=O) groups is 2. The van der Waals surface area contributed by atoms with Gasteiger partial charge in [-0.3, -0.25) is 4.79 Å². The predicted octanol–water partition coefficient (Wildman–Crippen LogP) is 7.33. The molecule has 3 aromatic rings. The van der Waals surface area contributed by atoms with E-state index in [0.717, 1.165) is 31.4 Å². The highest BCUT2D eigenvalue weighted by Crippen LogP contribution is 2.43. The van der Waals surface area contributed by atoms with Crippen molar-refractivity contribution in [2.24, 2.45) is 0 Å². The molecule has 0 aromatic heterocycles. The molecule has 0 bridgehead atoms. The first-order chi connectivity index (χ1) is 19.4. The third-order valence-corrected chi connectivity index (χ3v) is 7.84. The first-order valence-corrected chi connectivity index (χ1v) is 14.4. The van der Waals surface area contributed by atoms with E-state index in [1.54, 1.807) is 30.3 Å². The molecule has 1 fully saturated rings. The van der Waals surface area contributed by atoms with Crippen molar-refractivity contribution in [1.29, 1.82) is 0 Å². The van der Waals surface area contributed by atoms with E-state index in [4.69, 9.17) is 38.4 Å². The topological polar surface area (TPSA) is 103 Å². The number of hydrogen-bond donors (Lipinski definition) is 3. The molecule has 3 aromatic carbocycles. The van der Waals surface area contributed by atoms with Crippen LogP contribution < -0.4 is 16.4 Å². The molecule has 1 aliphatic rings. The zero-order chi connectivity index (χ0) is 29.8. The zero-order valence-electron chi connectivity index (χ0n) is 23.8. The van der Waals surface area contributed by atoms with Crippen molar-refractivity contribution in [3.8, 4) is 0 Å². The van der Waals surface area contributed by atoms with Gasteiger partial charge in [-0.05, 0) is 99.5 Å². The fourth-order valence-corrected chi connectivity index (χ4v) is 5.65. The first-order valence-electron chi connectivity index (χ1n) is 13.7. The minimum Gasteiger partial charge on any atom is -0.468 e. The lowest BCUT2D eigenvalue weighted by molar-refractivity contribution is -0.144. The summed E-state index contributed by atoms with van der Waals surface area (Å²) in [7, 11) is 1.38. The Hall–Kier alpha value is -3.42. The Morgan fingerprint density at radius 2 is 1.29 bits per heavy atom. The van der Waals surface area contributed by atoms with Gasteiger partial charge in [-0.15, -0.1) is 0 Å². The van der Waals surface area contributed by atoms with E-state index in [9.17, 15) is 9.59 Å². The maximum atomic E-state index is 13.8. The van der Waals surface area contributed by atoms with Crippen molar-refractivity contribution >= 4 is 46.6 Å². The lowest BCUT2D eigenvalue weighted by Gasteiger charge is -2.34. The Morgan fingerprint density at radius 1 is 0.805 bits per heavy atom. The quantitative estimate of drug-likeness (QED) is 0.150. The molecule has 1 aliphatic carbocycles. The summed E-state index contributed by atoms with van der Waals surface area (Å²) in [6, 6.07) is 20.1. The van der Waals surface area contributed by atoms with Crippen LogP contribution in [0.15, 0.2) is 66.7 Å². The average Bonchev–Trinajstić information content (AvgIpc) is 2.92. The maximum Gasteiger partial charge on any atom is 0.407 e. The molecule has 9 heteroatoms. The van der Waals surface area contributed by atoms with Crippen molar-refractivity contribution in [3.05, 3.63) is 93.5 Å². The molecular formula is C32H37Cl2N3O4. The van der Waals surface area contributed by atoms with Crippen LogP contribution in [0.1, 0.15) is 63.1 Å². The number of ether oxygens (including phenoxy) is 2. The second kappa shape index (κ2) is 12.6. The number of nitrogens with two attached hydrogens (primary N) is 1. The van der Waals surface area contributed by atoms with Gasteiger partial charge in [-0.2, -0.15) is 0 Å². The Kier molecular flexibility index (Phi) is 9.40. The number of benzene rings is 3. The zero-order valence-corrected chi connectivity index (χ0v) is 25.3. The van der Waals surface area contributed by atoms with Crippen molar-refractivity contribution in [2.45, 2.75) is 69.6 Å². The molecule has 218 valence electrons. The molecule has 7 nitrogen and oxygen atoms in total. The molecule has 0 spiro atoms. The van der Waals surface area contributed by atoms with Crippen LogP contribution in [0.3, 0.4) is 0 Å². The minimum atomic E-state index is -1.30. The second-order valence-corrected chi connectivity index (χ2v) is 12.3. The highest BCUT2D eigenvalue weighted by molar-refractivity contribution is 6.30. The van der Waals surface area contributed by atoms with Gasteiger partial charge in [0, 0.05) is 22.1 Å². The molecular weight excluding hydrogens is 561 g/mol. The summed E-state index contributed by atoms with van der Waals surface area (Å²) in [6.07, 6.45) is 2.88. The number of amides is 1. The number of nitrogens with one attached hydrogen (secondary N) is 2. The van der Waals surface area contributed by atoms with Gasteiger partial charge in [0.05, 0.1) is 18.5 Å². The fraction of sp³-hybridized carbons (Fsp3) is 0.375. The van der Waals surface area contributed by atoms with Gasteiger partial charge in [0.2, 0.25) is 0 Å². The number of alkyl carbamates (subject to hydrolysis) is 1. The van der Waals surface area contributed by atoms with Crippen LogP contribution in [0.25, 0.3) is 0 Å². The summed E-state index contributed by atoms with van der Waals surface area (Å²) < 4.78 is 10.8. The van der Waals surface area contributed by atoms with E-state index >= 15 is 0 Å². The number of anilines is 2. The van der Waals surface area contributed by atoms with Gasteiger partial charge in [0.1, 0.15) is 11.0 Å². The van der Waals surface area contributed by atoms with Crippen molar-refractivity contribution in [1.82, 2.24) is 5.32 Å².